The van der Waals surface area contributed by atoms with Gasteiger partial charge in [-0.15, -0.1) is 0 Å². The molecule has 1 aliphatic rings. The molecule has 3 rings (SSSR count). The van der Waals surface area contributed by atoms with Gasteiger partial charge in [0.25, 0.3) is 0 Å². The fraction of sp³-hybridized carbons (Fsp3) is 0.235. The molecule has 0 aliphatic heterocycles. The largest absolute Gasteiger partial charge is 0.323 e. The van der Waals surface area contributed by atoms with E-state index in [0.717, 1.165) is 24.6 Å². The molecule has 0 bridgehead atoms. The van der Waals surface area contributed by atoms with Crippen molar-refractivity contribution in [3.8, 4) is 0 Å². The first-order chi connectivity index (χ1) is 10.5. The lowest BCUT2D eigenvalue weighted by molar-refractivity contribution is -0.124. The SMILES string of the molecule is O=C(Nc1cc(F)ccc1F)C1(c2ccc(F)cc2)CCC1. The van der Waals surface area contributed by atoms with Crippen LogP contribution in [0.25, 0.3) is 0 Å². The molecule has 1 aliphatic carbocycles. The van der Waals surface area contributed by atoms with Crippen LogP contribution in [0.5, 0.6) is 0 Å². The zero-order chi connectivity index (χ0) is 15.7. The number of carbonyl (C=O) groups is 1. The van der Waals surface area contributed by atoms with Gasteiger partial charge in [0, 0.05) is 6.07 Å². The van der Waals surface area contributed by atoms with E-state index in [1.54, 1.807) is 12.1 Å². The van der Waals surface area contributed by atoms with E-state index in [0.29, 0.717) is 18.4 Å². The van der Waals surface area contributed by atoms with Gasteiger partial charge in [-0.2, -0.15) is 0 Å². The van der Waals surface area contributed by atoms with Crippen LogP contribution >= 0.6 is 0 Å². The number of anilines is 1. The van der Waals surface area contributed by atoms with Crippen LogP contribution in [0.1, 0.15) is 24.8 Å². The summed E-state index contributed by atoms with van der Waals surface area (Å²) < 4.78 is 39.9. The van der Waals surface area contributed by atoms with E-state index in [9.17, 15) is 18.0 Å². The summed E-state index contributed by atoms with van der Waals surface area (Å²) in [4.78, 5) is 12.6. The highest BCUT2D eigenvalue weighted by Gasteiger charge is 2.45. The van der Waals surface area contributed by atoms with Crippen molar-refractivity contribution < 1.29 is 18.0 Å². The zero-order valence-electron chi connectivity index (χ0n) is 11.7. The quantitative estimate of drug-likeness (QED) is 0.906. The summed E-state index contributed by atoms with van der Waals surface area (Å²) in [5.41, 5.74) is -0.292. The molecule has 2 aromatic carbocycles. The average Bonchev–Trinajstić information content (AvgIpc) is 2.44. The van der Waals surface area contributed by atoms with Crippen molar-refractivity contribution in [1.82, 2.24) is 0 Å². The molecule has 0 unspecified atom stereocenters. The van der Waals surface area contributed by atoms with Crippen LogP contribution in [0.4, 0.5) is 18.9 Å². The lowest BCUT2D eigenvalue weighted by Gasteiger charge is -2.40. The van der Waals surface area contributed by atoms with Gasteiger partial charge in [0.1, 0.15) is 17.5 Å². The van der Waals surface area contributed by atoms with Gasteiger partial charge in [0.15, 0.2) is 0 Å². The summed E-state index contributed by atoms with van der Waals surface area (Å²) in [6.45, 7) is 0. The minimum Gasteiger partial charge on any atom is -0.323 e. The summed E-state index contributed by atoms with van der Waals surface area (Å²) in [5, 5.41) is 2.46. The van der Waals surface area contributed by atoms with Crippen LogP contribution in [0, 0.1) is 17.5 Å². The van der Waals surface area contributed by atoms with E-state index in [2.05, 4.69) is 5.32 Å². The predicted octanol–water partition coefficient (Wildman–Crippen LogP) is 4.16. The number of carbonyl (C=O) groups excluding carboxylic acids is 1. The van der Waals surface area contributed by atoms with Gasteiger partial charge < -0.3 is 5.32 Å². The molecule has 0 radical (unpaired) electrons. The number of benzene rings is 2. The molecule has 2 aromatic rings. The van der Waals surface area contributed by atoms with Gasteiger partial charge in [0.2, 0.25) is 5.91 Å². The molecule has 114 valence electrons. The summed E-state index contributed by atoms with van der Waals surface area (Å²) in [6, 6.07) is 8.63. The maximum Gasteiger partial charge on any atom is 0.235 e. The summed E-state index contributed by atoms with van der Waals surface area (Å²) in [6.07, 6.45) is 2.05. The number of amides is 1. The first kappa shape index (κ1) is 14.6. The molecule has 2 nitrogen and oxygen atoms in total. The molecular formula is C17H14F3NO. The minimum atomic E-state index is -0.799. The molecular weight excluding hydrogens is 291 g/mol. The molecule has 22 heavy (non-hydrogen) atoms. The normalized spacial score (nSPS) is 16.0. The third-order valence-electron chi connectivity index (χ3n) is 4.22. The lowest BCUT2D eigenvalue weighted by atomic mass is 9.64. The highest BCUT2D eigenvalue weighted by molar-refractivity contribution is 6.00. The van der Waals surface area contributed by atoms with Crippen molar-refractivity contribution in [3.63, 3.8) is 0 Å². The van der Waals surface area contributed by atoms with Crippen molar-refractivity contribution in [1.29, 1.82) is 0 Å². The fourth-order valence-electron chi connectivity index (χ4n) is 2.78. The van der Waals surface area contributed by atoms with Crippen molar-refractivity contribution in [2.45, 2.75) is 24.7 Å². The number of hydrogen-bond donors (Lipinski definition) is 1. The molecule has 0 aromatic heterocycles. The maximum atomic E-state index is 13.7. The van der Waals surface area contributed by atoms with Gasteiger partial charge in [-0.1, -0.05) is 18.6 Å². The Morgan fingerprint density at radius 2 is 1.59 bits per heavy atom. The molecule has 5 heteroatoms. The molecule has 1 saturated carbocycles. The molecule has 1 fully saturated rings. The second kappa shape index (κ2) is 5.48. The molecule has 0 spiro atoms. The topological polar surface area (TPSA) is 29.1 Å². The third kappa shape index (κ3) is 2.47. The van der Waals surface area contributed by atoms with Crippen LogP contribution in [-0.2, 0) is 10.2 Å². The van der Waals surface area contributed by atoms with Crippen LogP contribution < -0.4 is 5.32 Å². The fourth-order valence-corrected chi connectivity index (χ4v) is 2.78. The average molecular weight is 305 g/mol. The van der Waals surface area contributed by atoms with Crippen LogP contribution in [0.3, 0.4) is 0 Å². The van der Waals surface area contributed by atoms with E-state index >= 15 is 0 Å². The highest BCUT2D eigenvalue weighted by atomic mass is 19.1. The molecule has 0 saturated heterocycles. The van der Waals surface area contributed by atoms with Crippen molar-refractivity contribution in [2.24, 2.45) is 0 Å². The number of hydrogen-bond acceptors (Lipinski definition) is 1. The number of nitrogens with one attached hydrogen (secondary N) is 1. The third-order valence-corrected chi connectivity index (χ3v) is 4.22. The second-order valence-corrected chi connectivity index (χ2v) is 5.52. The van der Waals surface area contributed by atoms with Crippen LogP contribution in [-0.4, -0.2) is 5.91 Å². The van der Waals surface area contributed by atoms with Gasteiger partial charge in [0.05, 0.1) is 11.1 Å². The van der Waals surface area contributed by atoms with Crippen molar-refractivity contribution >= 4 is 11.6 Å². The molecule has 1 amide bonds. The standard InChI is InChI=1S/C17H14F3NO/c18-12-4-2-11(3-5-12)17(8-1-9-17)16(22)21-15-10-13(19)6-7-14(15)20/h2-7,10H,1,8-9H2,(H,21,22). The lowest BCUT2D eigenvalue weighted by Crippen LogP contribution is -2.46. The van der Waals surface area contributed by atoms with Crippen molar-refractivity contribution in [2.75, 3.05) is 5.32 Å². The first-order valence-corrected chi connectivity index (χ1v) is 7.04. The first-order valence-electron chi connectivity index (χ1n) is 7.04. The minimum absolute atomic E-state index is 0.182. The maximum absolute atomic E-state index is 13.7. The van der Waals surface area contributed by atoms with Crippen LogP contribution in [0.2, 0.25) is 0 Å². The molecule has 0 atom stereocenters. The second-order valence-electron chi connectivity index (χ2n) is 5.52. The Balaban J connectivity index is 1.89. The van der Waals surface area contributed by atoms with Crippen molar-refractivity contribution in [3.05, 3.63) is 65.5 Å². The van der Waals surface area contributed by atoms with E-state index in [1.807, 2.05) is 0 Å². The summed E-state index contributed by atoms with van der Waals surface area (Å²) >= 11 is 0. The number of rotatable bonds is 3. The van der Waals surface area contributed by atoms with Crippen LogP contribution in [0.15, 0.2) is 42.5 Å². The van der Waals surface area contributed by atoms with Gasteiger partial charge in [-0.25, -0.2) is 13.2 Å². The van der Waals surface area contributed by atoms with Gasteiger partial charge in [-0.05, 0) is 42.7 Å². The highest BCUT2D eigenvalue weighted by Crippen LogP contribution is 2.44. The number of halogens is 3. The Bertz CT molecular complexity index is 708. The Labute approximate surface area is 126 Å². The van der Waals surface area contributed by atoms with E-state index in [1.165, 1.54) is 12.1 Å². The Hall–Kier alpha value is -2.30. The molecule has 1 N–H and O–H groups in total. The van der Waals surface area contributed by atoms with Gasteiger partial charge >= 0.3 is 0 Å². The summed E-state index contributed by atoms with van der Waals surface area (Å²) in [7, 11) is 0. The smallest absolute Gasteiger partial charge is 0.235 e. The Morgan fingerprint density at radius 3 is 2.18 bits per heavy atom. The van der Waals surface area contributed by atoms with Gasteiger partial charge in [-0.3, -0.25) is 4.79 Å². The Kier molecular flexibility index (Phi) is 3.64. The monoisotopic (exact) mass is 305 g/mol. The Morgan fingerprint density at radius 1 is 0.955 bits per heavy atom. The summed E-state index contributed by atoms with van der Waals surface area (Å²) in [5.74, 6) is -2.09. The molecule has 0 heterocycles. The van der Waals surface area contributed by atoms with E-state index in [4.69, 9.17) is 0 Å². The predicted molar refractivity (Wildman–Crippen MR) is 76.9 cm³/mol. The van der Waals surface area contributed by atoms with E-state index in [-0.39, 0.29) is 11.5 Å². The zero-order valence-corrected chi connectivity index (χ0v) is 11.7. The van der Waals surface area contributed by atoms with E-state index < -0.39 is 23.0 Å².